The summed E-state index contributed by atoms with van der Waals surface area (Å²) < 4.78 is 2.29. The zero-order valence-electron chi connectivity index (χ0n) is 23.3. The van der Waals surface area contributed by atoms with E-state index in [4.69, 9.17) is 9.97 Å². The number of aromatic nitrogens is 4. The smallest absolute Gasteiger partial charge is 0.160 e. The molecule has 0 N–H and O–H groups in total. The van der Waals surface area contributed by atoms with Crippen LogP contribution in [0.1, 0.15) is 0 Å². The number of hydrogen-bond acceptors (Lipinski definition) is 3. The van der Waals surface area contributed by atoms with E-state index in [1.54, 1.807) is 0 Å². The van der Waals surface area contributed by atoms with Crippen molar-refractivity contribution in [3.8, 4) is 50.7 Å². The zero-order chi connectivity index (χ0) is 28.6. The summed E-state index contributed by atoms with van der Waals surface area (Å²) in [6.45, 7) is 0. The summed E-state index contributed by atoms with van der Waals surface area (Å²) in [5.41, 5.74) is 10.6. The molecule has 0 aliphatic heterocycles. The molecule has 4 nitrogen and oxygen atoms in total. The molecule has 0 aliphatic rings. The average molecular weight is 551 g/mol. The highest BCUT2D eigenvalue weighted by atomic mass is 15.0. The van der Waals surface area contributed by atoms with Gasteiger partial charge in [-0.25, -0.2) is 9.97 Å². The number of rotatable bonds is 5. The minimum Gasteiger partial charge on any atom is -0.308 e. The summed E-state index contributed by atoms with van der Waals surface area (Å²) in [7, 11) is 0. The molecule has 8 aromatic rings. The average Bonchev–Trinajstić information content (AvgIpc) is 3.43. The van der Waals surface area contributed by atoms with Crippen LogP contribution in [0.4, 0.5) is 0 Å². The normalized spacial score (nSPS) is 11.3. The molecule has 0 atom stereocenters. The van der Waals surface area contributed by atoms with Gasteiger partial charge in [0.2, 0.25) is 0 Å². The van der Waals surface area contributed by atoms with Gasteiger partial charge in [0.15, 0.2) is 5.82 Å². The third-order valence-electron chi connectivity index (χ3n) is 7.94. The molecule has 0 spiro atoms. The largest absolute Gasteiger partial charge is 0.308 e. The number of hydrogen-bond donors (Lipinski definition) is 0. The standard InChI is InChI=1S/C39H26N4/c1-3-9-29(10-4-1)35-25-36(42-39(41-35)31-11-5-2-6-12-31)30-17-15-27(16-18-30)28-19-21-32(22-20-28)43-37-14-8-7-13-33(37)34-23-24-40-26-38(34)43/h1-26H. The van der Waals surface area contributed by atoms with Crippen LogP contribution < -0.4 is 0 Å². The Balaban J connectivity index is 1.15. The Morgan fingerprint density at radius 2 is 0.953 bits per heavy atom. The lowest BCUT2D eigenvalue weighted by Gasteiger charge is -2.11. The predicted molar refractivity (Wildman–Crippen MR) is 176 cm³/mol. The van der Waals surface area contributed by atoms with Gasteiger partial charge in [0.1, 0.15) is 0 Å². The molecule has 3 heterocycles. The minimum absolute atomic E-state index is 0.719. The third-order valence-corrected chi connectivity index (χ3v) is 7.94. The highest BCUT2D eigenvalue weighted by Crippen LogP contribution is 2.33. The summed E-state index contributed by atoms with van der Waals surface area (Å²) in [4.78, 5) is 14.3. The Morgan fingerprint density at radius 1 is 0.419 bits per heavy atom. The molecule has 0 saturated carbocycles. The van der Waals surface area contributed by atoms with Crippen LogP contribution in [0.3, 0.4) is 0 Å². The molecular weight excluding hydrogens is 524 g/mol. The van der Waals surface area contributed by atoms with Crippen LogP contribution in [0.5, 0.6) is 0 Å². The van der Waals surface area contributed by atoms with Crippen LogP contribution in [-0.4, -0.2) is 19.5 Å². The topological polar surface area (TPSA) is 43.6 Å². The zero-order valence-corrected chi connectivity index (χ0v) is 23.3. The number of fused-ring (bicyclic) bond motifs is 3. The van der Waals surface area contributed by atoms with E-state index in [1.807, 2.05) is 48.8 Å². The molecule has 0 bridgehead atoms. The fourth-order valence-corrected chi connectivity index (χ4v) is 5.80. The Morgan fingerprint density at radius 3 is 1.65 bits per heavy atom. The molecule has 0 amide bonds. The van der Waals surface area contributed by atoms with E-state index in [0.29, 0.717) is 0 Å². The van der Waals surface area contributed by atoms with E-state index >= 15 is 0 Å². The third kappa shape index (κ3) is 4.55. The summed E-state index contributed by atoms with van der Waals surface area (Å²) in [5.74, 6) is 0.719. The highest BCUT2D eigenvalue weighted by molar-refractivity contribution is 6.08. The van der Waals surface area contributed by atoms with Gasteiger partial charge in [-0.3, -0.25) is 4.98 Å². The maximum absolute atomic E-state index is 4.97. The van der Waals surface area contributed by atoms with Crippen LogP contribution in [0.25, 0.3) is 72.5 Å². The molecule has 202 valence electrons. The van der Waals surface area contributed by atoms with Crippen molar-refractivity contribution in [1.29, 1.82) is 0 Å². The second-order valence-electron chi connectivity index (χ2n) is 10.6. The minimum atomic E-state index is 0.719. The summed E-state index contributed by atoms with van der Waals surface area (Å²) >= 11 is 0. The molecule has 0 unspecified atom stereocenters. The molecule has 0 radical (unpaired) electrons. The Kier molecular flexibility index (Phi) is 6.08. The van der Waals surface area contributed by atoms with Crippen LogP contribution in [0, 0.1) is 0 Å². The lowest BCUT2D eigenvalue weighted by atomic mass is 10.0. The van der Waals surface area contributed by atoms with Crippen molar-refractivity contribution in [1.82, 2.24) is 19.5 Å². The van der Waals surface area contributed by atoms with Gasteiger partial charge in [-0.15, -0.1) is 0 Å². The molecule has 0 aliphatic carbocycles. The first kappa shape index (κ1) is 24.9. The van der Waals surface area contributed by atoms with Gasteiger partial charge in [-0.05, 0) is 41.5 Å². The van der Waals surface area contributed by atoms with E-state index < -0.39 is 0 Å². The number of nitrogens with zero attached hydrogens (tertiary/aromatic N) is 4. The number of para-hydroxylation sites is 1. The maximum Gasteiger partial charge on any atom is 0.160 e. The van der Waals surface area contributed by atoms with Crippen molar-refractivity contribution in [2.24, 2.45) is 0 Å². The van der Waals surface area contributed by atoms with Crippen LogP contribution in [0.15, 0.2) is 158 Å². The molecule has 5 aromatic carbocycles. The van der Waals surface area contributed by atoms with Crippen molar-refractivity contribution in [2.45, 2.75) is 0 Å². The summed E-state index contributed by atoms with van der Waals surface area (Å²) in [6.07, 6.45) is 3.81. The fraction of sp³-hybridized carbons (Fsp3) is 0. The summed E-state index contributed by atoms with van der Waals surface area (Å²) in [5, 5.41) is 2.44. The second kappa shape index (κ2) is 10.5. The SMILES string of the molecule is c1ccc(-c2cc(-c3ccc(-c4ccc(-n5c6ccccc6c6ccncc65)cc4)cc3)nc(-c3ccccc3)n2)cc1. The first-order valence-electron chi connectivity index (χ1n) is 14.4. The fourth-order valence-electron chi connectivity index (χ4n) is 5.80. The van der Waals surface area contributed by atoms with Gasteiger partial charge in [-0.2, -0.15) is 0 Å². The molecule has 8 rings (SSSR count). The van der Waals surface area contributed by atoms with Crippen LogP contribution in [-0.2, 0) is 0 Å². The van der Waals surface area contributed by atoms with Crippen molar-refractivity contribution in [2.75, 3.05) is 0 Å². The van der Waals surface area contributed by atoms with Crippen LogP contribution >= 0.6 is 0 Å². The Hall–Kier alpha value is -5.87. The first-order chi connectivity index (χ1) is 21.3. The van der Waals surface area contributed by atoms with Crippen molar-refractivity contribution >= 4 is 21.8 Å². The molecule has 4 heteroatoms. The molecule has 0 saturated heterocycles. The monoisotopic (exact) mass is 550 g/mol. The van der Waals surface area contributed by atoms with Gasteiger partial charge in [0.25, 0.3) is 0 Å². The van der Waals surface area contributed by atoms with E-state index in [1.165, 1.54) is 16.3 Å². The van der Waals surface area contributed by atoms with Gasteiger partial charge < -0.3 is 4.57 Å². The van der Waals surface area contributed by atoms with Crippen molar-refractivity contribution in [3.05, 3.63) is 158 Å². The van der Waals surface area contributed by atoms with Gasteiger partial charge in [-0.1, -0.05) is 115 Å². The van der Waals surface area contributed by atoms with E-state index in [9.17, 15) is 0 Å². The Labute approximate surface area is 249 Å². The lowest BCUT2D eigenvalue weighted by Crippen LogP contribution is -1.96. The van der Waals surface area contributed by atoms with Gasteiger partial charge in [0.05, 0.1) is 28.6 Å². The quantitative estimate of drug-likeness (QED) is 0.214. The van der Waals surface area contributed by atoms with E-state index in [2.05, 4.69) is 119 Å². The van der Waals surface area contributed by atoms with E-state index in [-0.39, 0.29) is 0 Å². The molecule has 3 aromatic heterocycles. The molecule has 43 heavy (non-hydrogen) atoms. The van der Waals surface area contributed by atoms with Crippen molar-refractivity contribution < 1.29 is 0 Å². The highest BCUT2D eigenvalue weighted by Gasteiger charge is 2.13. The lowest BCUT2D eigenvalue weighted by molar-refractivity contribution is 1.17. The predicted octanol–water partition coefficient (Wildman–Crippen LogP) is 9.64. The van der Waals surface area contributed by atoms with Gasteiger partial charge in [0, 0.05) is 39.3 Å². The van der Waals surface area contributed by atoms with E-state index in [0.717, 1.165) is 56.2 Å². The number of benzene rings is 5. The maximum atomic E-state index is 4.97. The Bertz CT molecular complexity index is 2090. The summed E-state index contributed by atoms with van der Waals surface area (Å²) in [6, 6.07) is 50.5. The second-order valence-corrected chi connectivity index (χ2v) is 10.6. The molecule has 0 fully saturated rings. The van der Waals surface area contributed by atoms with Gasteiger partial charge >= 0.3 is 0 Å². The molecular formula is C39H26N4. The first-order valence-corrected chi connectivity index (χ1v) is 14.4. The van der Waals surface area contributed by atoms with Crippen molar-refractivity contribution in [3.63, 3.8) is 0 Å². The number of pyridine rings is 1. The van der Waals surface area contributed by atoms with Crippen LogP contribution in [0.2, 0.25) is 0 Å².